The number of hydrogen-bond acceptors (Lipinski definition) is 4. The molecule has 3 aromatic rings. The van der Waals surface area contributed by atoms with Gasteiger partial charge in [-0.1, -0.05) is 46.4 Å². The lowest BCUT2D eigenvalue weighted by Gasteiger charge is -2.39. The predicted molar refractivity (Wildman–Crippen MR) is 142 cm³/mol. The Hall–Kier alpha value is -0.190. The van der Waals surface area contributed by atoms with E-state index in [4.69, 9.17) is 51.1 Å². The zero-order chi connectivity index (χ0) is 24.1. The van der Waals surface area contributed by atoms with E-state index < -0.39 is 5.41 Å². The van der Waals surface area contributed by atoms with Crippen LogP contribution in [0.25, 0.3) is 0 Å². The summed E-state index contributed by atoms with van der Waals surface area (Å²) >= 11 is 39.5. The van der Waals surface area contributed by atoms with Gasteiger partial charge in [-0.2, -0.15) is 0 Å². The maximum absolute atomic E-state index is 13.4. The number of ether oxygens (including phenoxy) is 1. The lowest BCUT2D eigenvalue weighted by atomic mass is 9.68. The molecule has 0 aromatic heterocycles. The molecular weight excluding hydrogens is 778 g/mol. The Balaban J connectivity index is 2.05. The summed E-state index contributed by atoms with van der Waals surface area (Å²) in [5.41, 5.74) is 0.365. The normalized spacial score (nSPS) is 15.3. The maximum atomic E-state index is 13.4. The highest BCUT2D eigenvalue weighted by Crippen LogP contribution is 2.65. The number of carbonyl (C=O) groups excluding carboxylic acids is 1. The van der Waals surface area contributed by atoms with E-state index in [0.717, 1.165) is 0 Å². The first kappa shape index (κ1) is 24.5. The van der Waals surface area contributed by atoms with Gasteiger partial charge < -0.3 is 14.9 Å². The average molecular weight is 784 g/mol. The molecule has 2 N–H and O–H groups in total. The summed E-state index contributed by atoms with van der Waals surface area (Å²) in [6, 6.07) is 3.31. The zero-order valence-corrected chi connectivity index (χ0v) is 25.0. The molecule has 0 radical (unpaired) electrons. The van der Waals surface area contributed by atoms with Gasteiger partial charge in [0.05, 0.1) is 34.5 Å². The van der Waals surface area contributed by atoms with Gasteiger partial charge in [0.1, 0.15) is 31.9 Å². The molecule has 33 heavy (non-hydrogen) atoms. The van der Waals surface area contributed by atoms with Crippen LogP contribution in [-0.4, -0.2) is 16.0 Å². The molecule has 0 bridgehead atoms. The Morgan fingerprint density at radius 1 is 0.788 bits per heavy atom. The molecule has 1 heterocycles. The summed E-state index contributed by atoms with van der Waals surface area (Å²) in [7, 11) is 0. The standard InChI is InChI=1S/C21H6Br4Cl4O4/c22-6-1-4-19(11(24)17(6)31)33-20-5(2-7(23)18(32)12(20)25)21(4)3-8(30)9-10(21)14(27)16(29)15(28)13(9)26/h1-2,31-32H,3H2. The molecule has 1 aliphatic heterocycles. The summed E-state index contributed by atoms with van der Waals surface area (Å²) in [5.74, 6) is -0.0239. The number of aromatic hydroxyl groups is 2. The fourth-order valence-corrected chi connectivity index (χ4v) is 7.96. The minimum Gasteiger partial charge on any atom is -0.505 e. The monoisotopic (exact) mass is 778 g/mol. The van der Waals surface area contributed by atoms with Gasteiger partial charge in [0.15, 0.2) is 5.78 Å². The second kappa shape index (κ2) is 8.17. The van der Waals surface area contributed by atoms with E-state index in [9.17, 15) is 15.0 Å². The van der Waals surface area contributed by atoms with Gasteiger partial charge in [-0.05, 0) is 75.9 Å². The number of halogens is 8. The lowest BCUT2D eigenvalue weighted by Crippen LogP contribution is -2.32. The third-order valence-corrected chi connectivity index (χ3v) is 10.3. The van der Waals surface area contributed by atoms with Crippen molar-refractivity contribution in [2.75, 3.05) is 0 Å². The first-order valence-electron chi connectivity index (χ1n) is 8.93. The summed E-state index contributed by atoms with van der Waals surface area (Å²) in [6.07, 6.45) is -0.0743. The second-order valence-corrected chi connectivity index (χ2v) is 12.2. The highest BCUT2D eigenvalue weighted by Gasteiger charge is 2.55. The van der Waals surface area contributed by atoms with Crippen molar-refractivity contribution in [3.05, 3.63) is 72.4 Å². The molecule has 4 nitrogen and oxygen atoms in total. The van der Waals surface area contributed by atoms with Crippen molar-refractivity contribution in [1.29, 1.82) is 0 Å². The molecule has 170 valence electrons. The van der Waals surface area contributed by atoms with E-state index in [1.54, 1.807) is 12.1 Å². The van der Waals surface area contributed by atoms with Crippen LogP contribution in [0.3, 0.4) is 0 Å². The Morgan fingerprint density at radius 2 is 1.24 bits per heavy atom. The molecule has 12 heteroatoms. The van der Waals surface area contributed by atoms with Gasteiger partial charge in [0.25, 0.3) is 0 Å². The highest BCUT2D eigenvalue weighted by molar-refractivity contribution is 9.11. The number of fused-ring (bicyclic) bond motifs is 6. The number of hydrogen-bond donors (Lipinski definition) is 2. The molecule has 0 saturated carbocycles. The molecule has 0 unspecified atom stereocenters. The van der Waals surface area contributed by atoms with Crippen LogP contribution in [-0.2, 0) is 5.41 Å². The van der Waals surface area contributed by atoms with Gasteiger partial charge in [-0.15, -0.1) is 0 Å². The van der Waals surface area contributed by atoms with Crippen molar-refractivity contribution in [1.82, 2.24) is 0 Å². The van der Waals surface area contributed by atoms with Gasteiger partial charge in [-0.3, -0.25) is 4.79 Å². The third kappa shape index (κ3) is 3.14. The fraction of sp³-hybridized carbons (Fsp3) is 0.0952. The number of ketones is 1. The first-order valence-corrected chi connectivity index (χ1v) is 13.6. The van der Waals surface area contributed by atoms with E-state index in [1.807, 2.05) is 0 Å². The molecule has 1 aliphatic carbocycles. The van der Waals surface area contributed by atoms with Crippen LogP contribution in [0.15, 0.2) is 30.0 Å². The van der Waals surface area contributed by atoms with Crippen LogP contribution >= 0.6 is 110 Å². The quantitative estimate of drug-likeness (QED) is 0.176. The van der Waals surface area contributed by atoms with Crippen LogP contribution in [0.1, 0.15) is 33.5 Å². The van der Waals surface area contributed by atoms with Crippen LogP contribution in [0.2, 0.25) is 20.1 Å². The van der Waals surface area contributed by atoms with Crippen molar-refractivity contribution in [2.45, 2.75) is 11.8 Å². The second-order valence-electron chi connectivity index (χ2n) is 7.41. The number of phenols is 2. The Kier molecular flexibility index (Phi) is 6.06. The van der Waals surface area contributed by atoms with Crippen molar-refractivity contribution in [2.24, 2.45) is 0 Å². The van der Waals surface area contributed by atoms with Crippen LogP contribution < -0.4 is 4.74 Å². The van der Waals surface area contributed by atoms with Crippen molar-refractivity contribution in [3.8, 4) is 23.0 Å². The number of benzene rings is 3. The number of Topliss-reactive ketones (excluding diaryl/α,β-unsaturated/α-hetero) is 1. The average Bonchev–Trinajstić information content (AvgIpc) is 3.08. The van der Waals surface area contributed by atoms with Crippen molar-refractivity contribution in [3.63, 3.8) is 0 Å². The van der Waals surface area contributed by atoms with Gasteiger partial charge in [-0.25, -0.2) is 0 Å². The van der Waals surface area contributed by atoms with Crippen LogP contribution in [0.5, 0.6) is 23.0 Å². The number of rotatable bonds is 0. The maximum Gasteiger partial charge on any atom is 0.166 e. The summed E-state index contributed by atoms with van der Waals surface area (Å²) in [4.78, 5) is 13.4. The van der Waals surface area contributed by atoms with E-state index in [1.165, 1.54) is 0 Å². The van der Waals surface area contributed by atoms with Gasteiger partial charge in [0.2, 0.25) is 0 Å². The SMILES string of the molecule is O=C1CC2(c3cc(Br)c(O)c(Br)c3Oc3c2cc(Br)c(O)c3Br)c2c(Cl)c(Cl)c(Cl)c(Cl)c21. The smallest absolute Gasteiger partial charge is 0.166 e. The van der Waals surface area contributed by atoms with E-state index in [0.29, 0.717) is 25.6 Å². The number of phenolic OH excluding ortho intramolecular Hbond substituents is 2. The molecule has 1 spiro atoms. The largest absolute Gasteiger partial charge is 0.505 e. The molecular formula is C21H6Br4Cl4O4. The fourth-order valence-electron chi connectivity index (χ4n) is 4.43. The van der Waals surface area contributed by atoms with Gasteiger partial charge >= 0.3 is 0 Å². The molecule has 0 saturated heterocycles. The minimum absolute atomic E-state index is 0.00588. The Labute approximate surface area is 240 Å². The molecule has 3 aromatic carbocycles. The van der Waals surface area contributed by atoms with Crippen molar-refractivity contribution >= 4 is 116 Å². The van der Waals surface area contributed by atoms with Crippen molar-refractivity contribution < 1.29 is 19.7 Å². The summed E-state index contributed by atoms with van der Waals surface area (Å²) in [5, 5.41) is 21.2. The van der Waals surface area contributed by atoms with E-state index in [-0.39, 0.29) is 69.8 Å². The zero-order valence-electron chi connectivity index (χ0n) is 15.6. The summed E-state index contributed by atoms with van der Waals surface area (Å²) in [6.45, 7) is 0. The molecule has 5 rings (SSSR count). The van der Waals surface area contributed by atoms with Crippen LogP contribution in [0.4, 0.5) is 0 Å². The van der Waals surface area contributed by atoms with Crippen LogP contribution in [0, 0.1) is 0 Å². The van der Waals surface area contributed by atoms with Gasteiger partial charge in [0, 0.05) is 28.7 Å². The lowest BCUT2D eigenvalue weighted by molar-refractivity contribution is 0.0983. The number of carbonyl (C=O) groups is 1. The topological polar surface area (TPSA) is 66.8 Å². The van der Waals surface area contributed by atoms with E-state index in [2.05, 4.69) is 63.7 Å². The summed E-state index contributed by atoms with van der Waals surface area (Å²) < 4.78 is 7.38. The molecule has 2 aliphatic rings. The molecule has 0 fully saturated rings. The molecule has 0 amide bonds. The van der Waals surface area contributed by atoms with E-state index >= 15 is 0 Å². The minimum atomic E-state index is -1.22. The highest BCUT2D eigenvalue weighted by atomic mass is 79.9. The Bertz CT molecular complexity index is 1390. The first-order chi connectivity index (χ1) is 15.4. The third-order valence-electron chi connectivity index (χ3n) is 5.82. The Morgan fingerprint density at radius 3 is 1.73 bits per heavy atom. The predicted octanol–water partition coefficient (Wildman–Crippen LogP) is 9.79. The molecule has 0 atom stereocenters.